The van der Waals surface area contributed by atoms with E-state index in [1.54, 1.807) is 12.1 Å². The third-order valence-corrected chi connectivity index (χ3v) is 6.02. The smallest absolute Gasteiger partial charge is 0.349 e. The van der Waals surface area contributed by atoms with Gasteiger partial charge in [0.15, 0.2) is 0 Å². The highest BCUT2D eigenvalue weighted by atomic mass is 32.2. The summed E-state index contributed by atoms with van der Waals surface area (Å²) in [5.74, 6) is -1.76. The molecule has 8 nitrogen and oxygen atoms in total. The molecule has 0 saturated heterocycles. The van der Waals surface area contributed by atoms with Crippen LogP contribution in [0, 0.1) is 13.8 Å². The lowest BCUT2D eigenvalue weighted by Gasteiger charge is -2.10. The Labute approximate surface area is 193 Å². The van der Waals surface area contributed by atoms with Crippen molar-refractivity contribution in [2.75, 3.05) is 6.54 Å². The van der Waals surface area contributed by atoms with Crippen molar-refractivity contribution in [2.45, 2.75) is 31.3 Å². The summed E-state index contributed by atoms with van der Waals surface area (Å²) in [6, 6.07) is 10.3. The molecule has 0 saturated carbocycles. The lowest BCUT2D eigenvalue weighted by Crippen LogP contribution is -2.33. The van der Waals surface area contributed by atoms with E-state index in [4.69, 9.17) is 5.14 Å². The lowest BCUT2D eigenvalue weighted by molar-refractivity contribution is -0.137. The number of aryl methyl sites for hydroxylation is 1. The first-order valence-corrected chi connectivity index (χ1v) is 11.5. The molecule has 0 bridgehead atoms. The molecule has 0 spiro atoms. The summed E-state index contributed by atoms with van der Waals surface area (Å²) in [6.45, 7) is 3.08. The number of Topliss-reactive ketones (excluding diaryl/α,β-unsaturated/α-hetero) is 1. The molecule has 3 rings (SSSR count). The number of carbonyl (C=O) groups excluding carboxylic acids is 2. The molecule has 180 valence electrons. The zero-order valence-electron chi connectivity index (χ0n) is 18.2. The number of nitrogens with zero attached hydrogens (tertiary/aromatic N) is 2. The van der Waals surface area contributed by atoms with Crippen molar-refractivity contribution >= 4 is 21.7 Å². The number of sulfonamides is 1. The largest absolute Gasteiger partial charge is 0.416 e. The van der Waals surface area contributed by atoms with Crippen molar-refractivity contribution in [2.24, 2.45) is 5.14 Å². The second-order valence-corrected chi connectivity index (χ2v) is 9.09. The number of benzene rings is 2. The molecule has 1 amide bonds. The summed E-state index contributed by atoms with van der Waals surface area (Å²) >= 11 is 0. The number of aromatic nitrogens is 2. The van der Waals surface area contributed by atoms with Gasteiger partial charge < -0.3 is 5.32 Å². The van der Waals surface area contributed by atoms with Gasteiger partial charge in [-0.25, -0.2) is 18.2 Å². The third kappa shape index (κ3) is 5.51. The standard InChI is InChI=1S/C22H21F3N4O4S/c1-13-19(14(2)29(28-13)17-5-3-4-16(12-17)22(23,24)25)20(30)21(31)27-11-10-15-6-8-18(9-7-15)34(26,32)33/h3-9,12H,10-11H2,1-2H3,(H,27,31)(H2,26,32,33). The Bertz CT molecular complexity index is 1350. The fraction of sp³-hybridized carbons (Fsp3) is 0.227. The van der Waals surface area contributed by atoms with E-state index in [2.05, 4.69) is 10.4 Å². The van der Waals surface area contributed by atoms with Crippen LogP contribution in [0.25, 0.3) is 5.69 Å². The summed E-state index contributed by atoms with van der Waals surface area (Å²) < 4.78 is 62.9. The maximum Gasteiger partial charge on any atom is 0.416 e. The summed E-state index contributed by atoms with van der Waals surface area (Å²) in [4.78, 5) is 25.1. The van der Waals surface area contributed by atoms with E-state index in [0.29, 0.717) is 12.0 Å². The number of carbonyl (C=O) groups is 2. The molecule has 34 heavy (non-hydrogen) atoms. The number of hydrogen-bond donors (Lipinski definition) is 2. The number of nitrogens with two attached hydrogens (primary N) is 1. The summed E-state index contributed by atoms with van der Waals surface area (Å²) in [5, 5.41) is 11.7. The monoisotopic (exact) mass is 494 g/mol. The highest BCUT2D eigenvalue weighted by Gasteiger charge is 2.31. The zero-order valence-corrected chi connectivity index (χ0v) is 19.0. The topological polar surface area (TPSA) is 124 Å². The fourth-order valence-electron chi connectivity index (χ4n) is 3.40. The van der Waals surface area contributed by atoms with E-state index in [1.165, 1.54) is 42.8 Å². The minimum atomic E-state index is -4.54. The SMILES string of the molecule is Cc1nn(-c2cccc(C(F)(F)F)c2)c(C)c1C(=O)C(=O)NCCc1ccc(S(N)(=O)=O)cc1. The highest BCUT2D eigenvalue weighted by molar-refractivity contribution is 7.89. The molecule has 3 N–H and O–H groups in total. The van der Waals surface area contributed by atoms with E-state index in [1.807, 2.05) is 0 Å². The van der Waals surface area contributed by atoms with E-state index in [9.17, 15) is 31.2 Å². The Balaban J connectivity index is 1.71. The minimum Gasteiger partial charge on any atom is -0.349 e. The van der Waals surface area contributed by atoms with Gasteiger partial charge in [0, 0.05) is 6.54 Å². The number of halogens is 3. The van der Waals surface area contributed by atoms with Gasteiger partial charge in [-0.05, 0) is 56.2 Å². The predicted octanol–water partition coefficient (Wildman–Crippen LogP) is 2.70. The third-order valence-electron chi connectivity index (χ3n) is 5.09. The number of ketones is 1. The average molecular weight is 494 g/mol. The van der Waals surface area contributed by atoms with Crippen LogP contribution in [-0.2, 0) is 27.4 Å². The predicted molar refractivity (Wildman–Crippen MR) is 117 cm³/mol. The van der Waals surface area contributed by atoms with Crippen LogP contribution in [0.1, 0.15) is 32.9 Å². The molecule has 2 aromatic carbocycles. The van der Waals surface area contributed by atoms with Gasteiger partial charge in [0.05, 0.1) is 33.1 Å². The summed E-state index contributed by atoms with van der Waals surface area (Å²) in [7, 11) is -3.81. The van der Waals surface area contributed by atoms with Crippen molar-refractivity contribution < 1.29 is 31.2 Å². The van der Waals surface area contributed by atoms with Crippen molar-refractivity contribution in [3.05, 3.63) is 76.6 Å². The number of hydrogen-bond acceptors (Lipinski definition) is 5. The van der Waals surface area contributed by atoms with Gasteiger partial charge in [-0.2, -0.15) is 18.3 Å². The van der Waals surface area contributed by atoms with Crippen LogP contribution >= 0.6 is 0 Å². The molecule has 0 fully saturated rings. The maximum absolute atomic E-state index is 13.0. The first kappa shape index (κ1) is 25.1. The van der Waals surface area contributed by atoms with E-state index >= 15 is 0 Å². The normalized spacial score (nSPS) is 11.9. The van der Waals surface area contributed by atoms with Crippen LogP contribution in [0.3, 0.4) is 0 Å². The van der Waals surface area contributed by atoms with Crippen LogP contribution < -0.4 is 10.5 Å². The Morgan fingerprint density at radius 2 is 1.74 bits per heavy atom. The van der Waals surface area contributed by atoms with E-state index < -0.39 is 33.5 Å². The number of rotatable bonds is 7. The van der Waals surface area contributed by atoms with Crippen molar-refractivity contribution in [1.29, 1.82) is 0 Å². The number of amides is 1. The van der Waals surface area contributed by atoms with E-state index in [0.717, 1.165) is 12.1 Å². The highest BCUT2D eigenvalue weighted by Crippen LogP contribution is 2.31. The second kappa shape index (κ2) is 9.39. The summed E-state index contributed by atoms with van der Waals surface area (Å²) in [5.41, 5.74) is 0.402. The molecule has 1 heterocycles. The molecule has 0 aliphatic rings. The molecule has 0 atom stereocenters. The molecule has 0 radical (unpaired) electrons. The molecular weight excluding hydrogens is 473 g/mol. The van der Waals surface area contributed by atoms with Gasteiger partial charge in [0.25, 0.3) is 11.7 Å². The number of alkyl halides is 3. The Morgan fingerprint density at radius 1 is 1.09 bits per heavy atom. The van der Waals surface area contributed by atoms with Gasteiger partial charge in [-0.1, -0.05) is 18.2 Å². The quantitative estimate of drug-likeness (QED) is 0.386. The Kier molecular flexibility index (Phi) is 6.94. The second-order valence-electron chi connectivity index (χ2n) is 7.53. The van der Waals surface area contributed by atoms with E-state index in [-0.39, 0.29) is 34.1 Å². The molecule has 3 aromatic rings. The molecule has 0 aliphatic carbocycles. The van der Waals surface area contributed by atoms with Crippen LogP contribution in [-0.4, -0.2) is 36.4 Å². The van der Waals surface area contributed by atoms with Gasteiger partial charge >= 0.3 is 6.18 Å². The first-order chi connectivity index (χ1) is 15.8. The van der Waals surface area contributed by atoms with Gasteiger partial charge in [0.1, 0.15) is 0 Å². The number of primary sulfonamides is 1. The van der Waals surface area contributed by atoms with Crippen molar-refractivity contribution in [1.82, 2.24) is 15.1 Å². The fourth-order valence-corrected chi connectivity index (χ4v) is 3.91. The van der Waals surface area contributed by atoms with Crippen LogP contribution in [0.15, 0.2) is 53.4 Å². The van der Waals surface area contributed by atoms with Crippen LogP contribution in [0.5, 0.6) is 0 Å². The molecule has 0 aliphatic heterocycles. The van der Waals surface area contributed by atoms with Gasteiger partial charge in [-0.3, -0.25) is 9.59 Å². The first-order valence-electron chi connectivity index (χ1n) is 9.97. The number of nitrogens with one attached hydrogen (secondary N) is 1. The Hall–Kier alpha value is -3.51. The zero-order chi connectivity index (χ0) is 25.3. The Morgan fingerprint density at radius 3 is 2.32 bits per heavy atom. The van der Waals surface area contributed by atoms with Crippen LogP contribution in [0.4, 0.5) is 13.2 Å². The average Bonchev–Trinajstić information content (AvgIpc) is 3.06. The van der Waals surface area contributed by atoms with Gasteiger partial charge in [0.2, 0.25) is 10.0 Å². The molecule has 12 heteroatoms. The van der Waals surface area contributed by atoms with Gasteiger partial charge in [-0.15, -0.1) is 0 Å². The molecule has 0 unspecified atom stereocenters. The minimum absolute atomic E-state index is 0.00687. The summed E-state index contributed by atoms with van der Waals surface area (Å²) in [6.07, 6.45) is -4.21. The molecular formula is C22H21F3N4O4S. The lowest BCUT2D eigenvalue weighted by atomic mass is 10.1. The molecule has 1 aromatic heterocycles. The van der Waals surface area contributed by atoms with Crippen LogP contribution in [0.2, 0.25) is 0 Å². The van der Waals surface area contributed by atoms with Crippen molar-refractivity contribution in [3.8, 4) is 5.69 Å². The maximum atomic E-state index is 13.0. The van der Waals surface area contributed by atoms with Crippen molar-refractivity contribution in [3.63, 3.8) is 0 Å².